The molecule has 116 valence electrons. The summed E-state index contributed by atoms with van der Waals surface area (Å²) in [6.45, 7) is 4.24. The van der Waals surface area contributed by atoms with Crippen LogP contribution < -0.4 is 10.6 Å². The molecule has 2 aliphatic rings. The minimum atomic E-state index is 0.227. The molecule has 3 nitrogen and oxygen atoms in total. The van der Waals surface area contributed by atoms with E-state index in [0.717, 1.165) is 30.9 Å². The third-order valence-corrected chi connectivity index (χ3v) is 5.05. The number of nitrogen functional groups attached to an aromatic ring is 1. The summed E-state index contributed by atoms with van der Waals surface area (Å²) in [4.78, 5) is 2.41. The number of hydrogen-bond donors (Lipinski definition) is 1. The number of nitrogens with two attached hydrogens (primary N) is 1. The van der Waals surface area contributed by atoms with Gasteiger partial charge in [0, 0.05) is 13.1 Å². The Morgan fingerprint density at radius 1 is 1.24 bits per heavy atom. The van der Waals surface area contributed by atoms with Gasteiger partial charge in [0.05, 0.1) is 23.1 Å². The zero-order valence-electron chi connectivity index (χ0n) is 13.2. The van der Waals surface area contributed by atoms with Crippen LogP contribution in [-0.2, 0) is 4.74 Å². The second kappa shape index (κ2) is 6.27. The Labute approximate surface area is 128 Å². The molecule has 21 heavy (non-hydrogen) atoms. The zero-order valence-corrected chi connectivity index (χ0v) is 13.2. The first-order valence-electron chi connectivity index (χ1n) is 8.50. The summed E-state index contributed by atoms with van der Waals surface area (Å²) in [6, 6.07) is 8.20. The van der Waals surface area contributed by atoms with E-state index in [0.29, 0.717) is 6.10 Å². The number of rotatable bonds is 5. The highest BCUT2D eigenvalue weighted by Crippen LogP contribution is 2.43. The Balaban J connectivity index is 1.67. The lowest BCUT2D eigenvalue weighted by molar-refractivity contribution is -0.0327. The van der Waals surface area contributed by atoms with Crippen LogP contribution in [0.25, 0.3) is 0 Å². The second-order valence-electron chi connectivity index (χ2n) is 6.67. The van der Waals surface area contributed by atoms with Crippen molar-refractivity contribution >= 4 is 11.4 Å². The maximum absolute atomic E-state index is 6.47. The first-order valence-corrected chi connectivity index (χ1v) is 8.50. The van der Waals surface area contributed by atoms with Crippen LogP contribution in [-0.4, -0.2) is 24.8 Å². The first kappa shape index (κ1) is 14.7. The number of para-hydroxylation sites is 2. The van der Waals surface area contributed by atoms with Gasteiger partial charge >= 0.3 is 0 Å². The van der Waals surface area contributed by atoms with Gasteiger partial charge in [-0.25, -0.2) is 0 Å². The van der Waals surface area contributed by atoms with E-state index in [1.165, 1.54) is 38.5 Å². The Morgan fingerprint density at radius 3 is 2.71 bits per heavy atom. The molecule has 1 saturated carbocycles. The van der Waals surface area contributed by atoms with Crippen molar-refractivity contribution in [3.8, 4) is 0 Å². The van der Waals surface area contributed by atoms with E-state index in [1.54, 1.807) is 0 Å². The number of ether oxygens (including phenoxy) is 1. The number of hydrogen-bond acceptors (Lipinski definition) is 3. The van der Waals surface area contributed by atoms with Crippen LogP contribution in [0.15, 0.2) is 24.3 Å². The largest absolute Gasteiger partial charge is 0.397 e. The summed E-state index contributed by atoms with van der Waals surface area (Å²) < 4.78 is 6.47. The van der Waals surface area contributed by atoms with Crippen molar-refractivity contribution in [3.63, 3.8) is 0 Å². The molecule has 2 fully saturated rings. The molecular weight excluding hydrogens is 260 g/mol. The van der Waals surface area contributed by atoms with Crippen molar-refractivity contribution in [2.24, 2.45) is 0 Å². The minimum Gasteiger partial charge on any atom is -0.397 e. The fraction of sp³-hybridized carbons (Fsp3) is 0.667. The fourth-order valence-electron chi connectivity index (χ4n) is 4.01. The third kappa shape index (κ3) is 3.18. The van der Waals surface area contributed by atoms with Gasteiger partial charge in [-0.2, -0.15) is 0 Å². The monoisotopic (exact) mass is 288 g/mol. The normalized spacial score (nSPS) is 23.8. The molecule has 1 unspecified atom stereocenters. The zero-order chi connectivity index (χ0) is 14.7. The van der Waals surface area contributed by atoms with Crippen molar-refractivity contribution in [3.05, 3.63) is 24.3 Å². The van der Waals surface area contributed by atoms with E-state index in [9.17, 15) is 0 Å². The average molecular weight is 288 g/mol. The molecule has 1 heterocycles. The molecule has 0 amide bonds. The Morgan fingerprint density at radius 2 is 2.00 bits per heavy atom. The van der Waals surface area contributed by atoms with Gasteiger partial charge in [-0.1, -0.05) is 31.9 Å². The van der Waals surface area contributed by atoms with Gasteiger partial charge in [-0.3, -0.25) is 0 Å². The number of nitrogens with zero attached hydrogens (tertiary/aromatic N) is 1. The standard InChI is InChI=1S/C18H28N2O/c1-2-13-20(17-8-4-3-7-16(17)19)14-15-9-12-18(21-15)10-5-6-11-18/h3-4,7-8,15H,2,5-6,9-14,19H2,1H3. The van der Waals surface area contributed by atoms with Crippen molar-refractivity contribution < 1.29 is 4.74 Å². The van der Waals surface area contributed by atoms with E-state index in [-0.39, 0.29) is 5.60 Å². The van der Waals surface area contributed by atoms with Crippen LogP contribution in [0.4, 0.5) is 11.4 Å². The molecule has 1 spiro atoms. The smallest absolute Gasteiger partial charge is 0.0758 e. The number of anilines is 2. The Hall–Kier alpha value is -1.22. The van der Waals surface area contributed by atoms with Gasteiger partial charge in [-0.15, -0.1) is 0 Å². The van der Waals surface area contributed by atoms with Crippen LogP contribution >= 0.6 is 0 Å². The predicted octanol–water partition coefficient (Wildman–Crippen LogP) is 3.98. The van der Waals surface area contributed by atoms with Crippen molar-refractivity contribution in [1.82, 2.24) is 0 Å². The van der Waals surface area contributed by atoms with Crippen LogP contribution in [0.1, 0.15) is 51.9 Å². The first-order chi connectivity index (χ1) is 10.2. The maximum Gasteiger partial charge on any atom is 0.0758 e. The molecule has 1 atom stereocenters. The molecule has 1 aliphatic carbocycles. The summed E-state index contributed by atoms with van der Waals surface area (Å²) in [6.07, 6.45) is 9.18. The van der Waals surface area contributed by atoms with E-state index in [1.807, 2.05) is 12.1 Å². The third-order valence-electron chi connectivity index (χ3n) is 5.05. The van der Waals surface area contributed by atoms with E-state index in [4.69, 9.17) is 10.5 Å². The molecule has 3 rings (SSSR count). The quantitative estimate of drug-likeness (QED) is 0.833. The van der Waals surface area contributed by atoms with Crippen LogP contribution in [0, 0.1) is 0 Å². The van der Waals surface area contributed by atoms with Gasteiger partial charge in [0.25, 0.3) is 0 Å². The molecule has 1 aromatic rings. The van der Waals surface area contributed by atoms with Gasteiger partial charge in [0.15, 0.2) is 0 Å². The van der Waals surface area contributed by atoms with Crippen molar-refractivity contribution in [2.45, 2.75) is 63.6 Å². The molecule has 2 N–H and O–H groups in total. The summed E-state index contributed by atoms with van der Waals surface area (Å²) >= 11 is 0. The van der Waals surface area contributed by atoms with Crippen LogP contribution in [0.5, 0.6) is 0 Å². The second-order valence-corrected chi connectivity index (χ2v) is 6.67. The highest BCUT2D eigenvalue weighted by Gasteiger charge is 2.42. The molecular formula is C18H28N2O. The molecule has 0 aromatic heterocycles. The lowest BCUT2D eigenvalue weighted by Crippen LogP contribution is -2.35. The Bertz CT molecular complexity index is 468. The van der Waals surface area contributed by atoms with Crippen molar-refractivity contribution in [2.75, 3.05) is 23.7 Å². The maximum atomic E-state index is 6.47. The highest BCUT2D eigenvalue weighted by atomic mass is 16.5. The van der Waals surface area contributed by atoms with Gasteiger partial charge in [0.2, 0.25) is 0 Å². The summed E-state index contributed by atoms with van der Waals surface area (Å²) in [7, 11) is 0. The van der Waals surface area contributed by atoms with Crippen LogP contribution in [0.3, 0.4) is 0 Å². The van der Waals surface area contributed by atoms with Crippen LogP contribution in [0.2, 0.25) is 0 Å². The van der Waals surface area contributed by atoms with Crippen molar-refractivity contribution in [1.29, 1.82) is 0 Å². The molecule has 0 radical (unpaired) electrons. The summed E-state index contributed by atoms with van der Waals surface area (Å²) in [5.74, 6) is 0. The fourth-order valence-corrected chi connectivity index (χ4v) is 4.01. The van der Waals surface area contributed by atoms with Gasteiger partial charge in [-0.05, 0) is 44.2 Å². The topological polar surface area (TPSA) is 38.5 Å². The molecule has 1 aromatic carbocycles. The lowest BCUT2D eigenvalue weighted by atomic mass is 9.98. The van der Waals surface area contributed by atoms with Gasteiger partial charge < -0.3 is 15.4 Å². The Kier molecular flexibility index (Phi) is 4.39. The van der Waals surface area contributed by atoms with E-state index in [2.05, 4.69) is 24.0 Å². The summed E-state index contributed by atoms with van der Waals surface area (Å²) in [5.41, 5.74) is 8.42. The SMILES string of the molecule is CCCN(CC1CCC2(CCCC2)O1)c1ccccc1N. The van der Waals surface area contributed by atoms with E-state index < -0.39 is 0 Å². The van der Waals surface area contributed by atoms with E-state index >= 15 is 0 Å². The molecule has 0 bridgehead atoms. The lowest BCUT2D eigenvalue weighted by Gasteiger charge is -2.30. The molecule has 3 heteroatoms. The summed E-state index contributed by atoms with van der Waals surface area (Å²) in [5, 5.41) is 0. The number of benzene rings is 1. The molecule has 1 saturated heterocycles. The average Bonchev–Trinajstić information content (AvgIpc) is 3.10. The molecule has 1 aliphatic heterocycles. The highest BCUT2D eigenvalue weighted by molar-refractivity contribution is 5.67. The van der Waals surface area contributed by atoms with Gasteiger partial charge in [0.1, 0.15) is 0 Å². The predicted molar refractivity (Wildman–Crippen MR) is 88.7 cm³/mol. The minimum absolute atomic E-state index is 0.227.